The highest BCUT2D eigenvalue weighted by atomic mass is 16.2. The molecule has 4 rings (SSSR count). The number of nitrogens with zero attached hydrogens (tertiary/aromatic N) is 2. The van der Waals surface area contributed by atoms with Crippen LogP contribution in [0.5, 0.6) is 0 Å². The molecule has 146 valence electrons. The van der Waals surface area contributed by atoms with Gasteiger partial charge in [0.1, 0.15) is 5.57 Å². The molecule has 0 radical (unpaired) electrons. The molecule has 0 spiro atoms. The quantitative estimate of drug-likeness (QED) is 0.541. The van der Waals surface area contributed by atoms with Gasteiger partial charge in [0.25, 0.3) is 11.8 Å². The van der Waals surface area contributed by atoms with E-state index in [1.54, 1.807) is 18.2 Å². The van der Waals surface area contributed by atoms with Crippen LogP contribution in [-0.4, -0.2) is 22.4 Å². The van der Waals surface area contributed by atoms with Crippen molar-refractivity contribution in [3.05, 3.63) is 71.4 Å². The van der Waals surface area contributed by atoms with Gasteiger partial charge in [0.05, 0.1) is 5.69 Å². The van der Waals surface area contributed by atoms with Crippen molar-refractivity contribution < 1.29 is 14.4 Å². The van der Waals surface area contributed by atoms with Crippen LogP contribution in [0.4, 0.5) is 10.5 Å². The standard InChI is InChI=1S/C23H21N3O3/c1-14(2)25-13-16(17-9-5-7-11-20(17)25)12-18-21(27)24-23(29)26(22(18)28)19-10-6-4-8-15(19)3/h4-14H,1-3H3,(H,24,27,29)/b18-12+. The fourth-order valence-corrected chi connectivity index (χ4v) is 3.62. The van der Waals surface area contributed by atoms with Gasteiger partial charge in [-0.3, -0.25) is 14.9 Å². The summed E-state index contributed by atoms with van der Waals surface area (Å²) in [5, 5.41) is 3.22. The van der Waals surface area contributed by atoms with E-state index in [9.17, 15) is 14.4 Å². The molecule has 2 aromatic carbocycles. The minimum absolute atomic E-state index is 0.0699. The Balaban J connectivity index is 1.84. The highest BCUT2D eigenvalue weighted by Crippen LogP contribution is 2.29. The Hall–Kier alpha value is -3.67. The summed E-state index contributed by atoms with van der Waals surface area (Å²) >= 11 is 0. The number of para-hydroxylation sites is 2. The third kappa shape index (κ3) is 3.12. The number of hydrogen-bond acceptors (Lipinski definition) is 3. The van der Waals surface area contributed by atoms with E-state index in [0.29, 0.717) is 5.69 Å². The van der Waals surface area contributed by atoms with E-state index in [-0.39, 0.29) is 11.6 Å². The normalized spacial score (nSPS) is 16.2. The Morgan fingerprint density at radius 2 is 1.66 bits per heavy atom. The van der Waals surface area contributed by atoms with E-state index in [1.807, 2.05) is 49.5 Å². The van der Waals surface area contributed by atoms with Gasteiger partial charge in [0, 0.05) is 28.7 Å². The van der Waals surface area contributed by atoms with Gasteiger partial charge in [0.2, 0.25) is 0 Å². The monoisotopic (exact) mass is 387 g/mol. The lowest BCUT2D eigenvalue weighted by atomic mass is 10.1. The Bertz CT molecular complexity index is 1190. The van der Waals surface area contributed by atoms with Crippen LogP contribution in [0.2, 0.25) is 0 Å². The van der Waals surface area contributed by atoms with Gasteiger partial charge in [0.15, 0.2) is 0 Å². The summed E-state index contributed by atoms with van der Waals surface area (Å²) in [6, 6.07) is 14.4. The average Bonchev–Trinajstić information content (AvgIpc) is 3.05. The second kappa shape index (κ2) is 7.05. The highest BCUT2D eigenvalue weighted by molar-refractivity contribution is 6.39. The number of carbonyl (C=O) groups is 3. The first-order valence-corrected chi connectivity index (χ1v) is 9.45. The van der Waals surface area contributed by atoms with Crippen molar-refractivity contribution >= 4 is 40.5 Å². The van der Waals surface area contributed by atoms with Crippen LogP contribution in [0.15, 0.2) is 60.3 Å². The summed E-state index contributed by atoms with van der Waals surface area (Å²) in [4.78, 5) is 39.1. The van der Waals surface area contributed by atoms with Crippen LogP contribution in [0.25, 0.3) is 17.0 Å². The van der Waals surface area contributed by atoms with Gasteiger partial charge in [-0.2, -0.15) is 0 Å². The van der Waals surface area contributed by atoms with Crippen LogP contribution in [-0.2, 0) is 9.59 Å². The van der Waals surface area contributed by atoms with E-state index in [4.69, 9.17) is 0 Å². The summed E-state index contributed by atoms with van der Waals surface area (Å²) < 4.78 is 2.09. The van der Waals surface area contributed by atoms with E-state index >= 15 is 0 Å². The maximum absolute atomic E-state index is 13.1. The maximum atomic E-state index is 13.1. The van der Waals surface area contributed by atoms with Crippen molar-refractivity contribution in [2.24, 2.45) is 0 Å². The lowest BCUT2D eigenvalue weighted by Gasteiger charge is -2.27. The Labute approximate surface area is 168 Å². The molecule has 0 bridgehead atoms. The fraction of sp³-hybridized carbons (Fsp3) is 0.174. The second-order valence-corrected chi connectivity index (χ2v) is 7.35. The summed E-state index contributed by atoms with van der Waals surface area (Å²) in [6.45, 7) is 5.95. The number of nitrogens with one attached hydrogen (secondary N) is 1. The largest absolute Gasteiger partial charge is 0.344 e. The molecule has 3 aromatic rings. The molecule has 6 heteroatoms. The summed E-state index contributed by atoms with van der Waals surface area (Å²) in [5.41, 5.74) is 2.93. The van der Waals surface area contributed by atoms with Crippen LogP contribution >= 0.6 is 0 Å². The molecule has 1 N–H and O–H groups in total. The molecular formula is C23H21N3O3. The molecule has 0 saturated carbocycles. The molecule has 1 saturated heterocycles. The zero-order valence-corrected chi connectivity index (χ0v) is 16.5. The number of imide groups is 2. The van der Waals surface area contributed by atoms with Gasteiger partial charge in [-0.1, -0.05) is 36.4 Å². The molecule has 1 aromatic heterocycles. The number of rotatable bonds is 3. The van der Waals surface area contributed by atoms with Crippen molar-refractivity contribution in [2.75, 3.05) is 4.90 Å². The van der Waals surface area contributed by atoms with Crippen molar-refractivity contribution in [2.45, 2.75) is 26.8 Å². The predicted octanol–water partition coefficient (Wildman–Crippen LogP) is 4.20. The van der Waals surface area contributed by atoms with Crippen molar-refractivity contribution in [3.8, 4) is 0 Å². The summed E-state index contributed by atoms with van der Waals surface area (Å²) in [6.07, 6.45) is 3.49. The molecule has 6 nitrogen and oxygen atoms in total. The van der Waals surface area contributed by atoms with Crippen LogP contribution in [0.1, 0.15) is 31.0 Å². The number of aryl methyl sites for hydroxylation is 1. The number of carbonyl (C=O) groups excluding carboxylic acids is 3. The van der Waals surface area contributed by atoms with Crippen molar-refractivity contribution in [1.29, 1.82) is 0 Å². The number of barbiturate groups is 1. The lowest BCUT2D eigenvalue weighted by Crippen LogP contribution is -2.54. The van der Waals surface area contributed by atoms with Gasteiger partial charge in [-0.25, -0.2) is 9.69 Å². The second-order valence-electron chi connectivity index (χ2n) is 7.35. The Morgan fingerprint density at radius 3 is 2.38 bits per heavy atom. The van der Waals surface area contributed by atoms with E-state index < -0.39 is 17.8 Å². The Kier molecular flexibility index (Phi) is 4.54. The zero-order chi connectivity index (χ0) is 20.7. The number of benzene rings is 2. The van der Waals surface area contributed by atoms with Gasteiger partial charge >= 0.3 is 6.03 Å². The minimum atomic E-state index is -0.740. The number of aromatic nitrogens is 1. The SMILES string of the molecule is Cc1ccccc1N1C(=O)NC(=O)/C(=C\c2cn(C(C)C)c3ccccc23)C1=O. The van der Waals surface area contributed by atoms with Crippen LogP contribution < -0.4 is 10.2 Å². The summed E-state index contributed by atoms with van der Waals surface area (Å²) in [7, 11) is 0. The summed E-state index contributed by atoms with van der Waals surface area (Å²) in [5.74, 6) is -1.32. The number of hydrogen-bond donors (Lipinski definition) is 1. The molecule has 1 fully saturated rings. The molecule has 1 aliphatic rings. The molecule has 0 atom stereocenters. The molecule has 0 unspecified atom stereocenters. The first-order chi connectivity index (χ1) is 13.9. The average molecular weight is 387 g/mol. The van der Waals surface area contributed by atoms with Gasteiger partial charge in [-0.15, -0.1) is 0 Å². The van der Waals surface area contributed by atoms with E-state index in [1.165, 1.54) is 0 Å². The number of amides is 4. The first-order valence-electron chi connectivity index (χ1n) is 9.45. The Morgan fingerprint density at radius 1 is 0.966 bits per heavy atom. The molecule has 1 aliphatic heterocycles. The maximum Gasteiger partial charge on any atom is 0.335 e. The molecular weight excluding hydrogens is 366 g/mol. The fourth-order valence-electron chi connectivity index (χ4n) is 3.62. The number of urea groups is 1. The zero-order valence-electron chi connectivity index (χ0n) is 16.5. The molecule has 2 heterocycles. The smallest absolute Gasteiger partial charge is 0.335 e. The molecule has 0 aliphatic carbocycles. The topological polar surface area (TPSA) is 71.4 Å². The van der Waals surface area contributed by atoms with Crippen molar-refractivity contribution in [3.63, 3.8) is 0 Å². The number of anilines is 1. The van der Waals surface area contributed by atoms with Crippen molar-refractivity contribution in [1.82, 2.24) is 9.88 Å². The number of fused-ring (bicyclic) bond motifs is 1. The van der Waals surface area contributed by atoms with Crippen LogP contribution in [0, 0.1) is 6.92 Å². The van der Waals surface area contributed by atoms with Gasteiger partial charge < -0.3 is 4.57 Å². The lowest BCUT2D eigenvalue weighted by molar-refractivity contribution is -0.122. The van der Waals surface area contributed by atoms with E-state index in [2.05, 4.69) is 23.7 Å². The minimum Gasteiger partial charge on any atom is -0.344 e. The first kappa shape index (κ1) is 18.7. The predicted molar refractivity (Wildman–Crippen MR) is 113 cm³/mol. The third-order valence-electron chi connectivity index (χ3n) is 5.09. The molecule has 4 amide bonds. The molecule has 29 heavy (non-hydrogen) atoms. The van der Waals surface area contributed by atoms with Gasteiger partial charge in [-0.05, 0) is 44.5 Å². The van der Waals surface area contributed by atoms with E-state index in [0.717, 1.165) is 26.9 Å². The third-order valence-corrected chi connectivity index (χ3v) is 5.09. The highest BCUT2D eigenvalue weighted by Gasteiger charge is 2.37. The van der Waals surface area contributed by atoms with Crippen LogP contribution in [0.3, 0.4) is 0 Å².